The van der Waals surface area contributed by atoms with Gasteiger partial charge in [0.25, 0.3) is 10.0 Å². The zero-order chi connectivity index (χ0) is 10.8. The average molecular weight is 219 g/mol. The van der Waals surface area contributed by atoms with Crippen molar-refractivity contribution in [1.82, 2.24) is 14.8 Å². The first-order valence-corrected chi connectivity index (χ1v) is 5.42. The zero-order valence-corrected chi connectivity index (χ0v) is 8.80. The summed E-state index contributed by atoms with van der Waals surface area (Å²) in [6.07, 6.45) is 1.33. The molecule has 0 radical (unpaired) electrons. The summed E-state index contributed by atoms with van der Waals surface area (Å²) in [6.45, 7) is -0.211. The van der Waals surface area contributed by atoms with E-state index in [1.807, 2.05) is 0 Å². The number of aliphatic hydroxyl groups excluding tert-OH is 1. The van der Waals surface area contributed by atoms with E-state index in [1.54, 1.807) is 14.1 Å². The lowest BCUT2D eigenvalue weighted by molar-refractivity contribution is 0.277. The number of nitrogens with one attached hydrogen (secondary N) is 2. The number of aromatic nitrogens is 1. The summed E-state index contributed by atoms with van der Waals surface area (Å²) >= 11 is 0. The average Bonchev–Trinajstić information content (AvgIpc) is 2.49. The van der Waals surface area contributed by atoms with Crippen LogP contribution in [0.1, 0.15) is 5.69 Å². The van der Waals surface area contributed by atoms with E-state index in [0.717, 1.165) is 0 Å². The third-order valence-corrected chi connectivity index (χ3v) is 2.96. The van der Waals surface area contributed by atoms with Crippen molar-refractivity contribution >= 4 is 10.0 Å². The van der Waals surface area contributed by atoms with Gasteiger partial charge in [0.2, 0.25) is 0 Å². The van der Waals surface area contributed by atoms with Gasteiger partial charge < -0.3 is 10.1 Å². The lowest BCUT2D eigenvalue weighted by atomic mass is 10.5. The van der Waals surface area contributed by atoms with Gasteiger partial charge in [-0.25, -0.2) is 13.4 Å². The van der Waals surface area contributed by atoms with Crippen molar-refractivity contribution in [2.75, 3.05) is 14.1 Å². The van der Waals surface area contributed by atoms with Crippen LogP contribution in [0.4, 0.5) is 0 Å². The van der Waals surface area contributed by atoms with Crippen molar-refractivity contribution in [1.29, 1.82) is 0 Å². The molecule has 0 saturated carbocycles. The minimum absolute atomic E-state index is 0.107. The normalized spacial score (nSPS) is 12.3. The van der Waals surface area contributed by atoms with Crippen LogP contribution in [0.2, 0.25) is 0 Å². The molecule has 0 bridgehead atoms. The molecule has 80 valence electrons. The maximum atomic E-state index is 11.5. The Morgan fingerprint density at radius 3 is 2.64 bits per heavy atom. The molecule has 1 heterocycles. The van der Waals surface area contributed by atoms with E-state index < -0.39 is 10.0 Å². The van der Waals surface area contributed by atoms with E-state index >= 15 is 0 Å². The number of aliphatic hydroxyl groups is 1. The first kappa shape index (κ1) is 11.2. The van der Waals surface area contributed by atoms with Crippen molar-refractivity contribution in [3.63, 3.8) is 0 Å². The number of rotatable bonds is 4. The van der Waals surface area contributed by atoms with Crippen LogP contribution in [0.5, 0.6) is 0 Å². The van der Waals surface area contributed by atoms with Crippen LogP contribution in [-0.2, 0) is 16.6 Å². The minimum Gasteiger partial charge on any atom is -0.390 e. The molecule has 0 atom stereocenters. The zero-order valence-electron chi connectivity index (χ0n) is 7.98. The van der Waals surface area contributed by atoms with Crippen molar-refractivity contribution in [3.05, 3.63) is 18.0 Å². The Kier molecular flexibility index (Phi) is 3.27. The second kappa shape index (κ2) is 4.09. The number of sulfonamides is 1. The van der Waals surface area contributed by atoms with E-state index in [-0.39, 0.29) is 11.5 Å². The molecule has 0 aromatic carbocycles. The van der Waals surface area contributed by atoms with Crippen LogP contribution in [-0.4, -0.2) is 37.6 Å². The Labute approximate surface area is 82.6 Å². The summed E-state index contributed by atoms with van der Waals surface area (Å²) in [5.74, 6) is 0. The van der Waals surface area contributed by atoms with Crippen molar-refractivity contribution in [2.45, 2.75) is 11.5 Å². The summed E-state index contributed by atoms with van der Waals surface area (Å²) in [5, 5.41) is 10.1. The highest BCUT2D eigenvalue weighted by Crippen LogP contribution is 2.10. The molecule has 1 aromatic rings. The second-order valence-corrected chi connectivity index (χ2v) is 4.67. The highest BCUT2D eigenvalue weighted by molar-refractivity contribution is 7.89. The Balaban J connectivity index is 2.93. The fourth-order valence-corrected chi connectivity index (χ4v) is 2.06. The van der Waals surface area contributed by atoms with Gasteiger partial charge >= 0.3 is 0 Å². The number of aromatic amines is 1. The molecular weight excluding hydrogens is 206 g/mol. The highest BCUT2D eigenvalue weighted by Gasteiger charge is 2.16. The molecular formula is C7H13N3O3S. The fourth-order valence-electron chi connectivity index (χ4n) is 0.958. The van der Waals surface area contributed by atoms with Gasteiger partial charge in [-0.1, -0.05) is 0 Å². The molecule has 0 amide bonds. The topological polar surface area (TPSA) is 85.4 Å². The predicted octanol–water partition coefficient (Wildman–Crippen LogP) is -0.738. The first-order chi connectivity index (χ1) is 6.45. The largest absolute Gasteiger partial charge is 0.390 e. The van der Waals surface area contributed by atoms with E-state index in [0.29, 0.717) is 5.69 Å². The van der Waals surface area contributed by atoms with Gasteiger partial charge in [0, 0.05) is 26.0 Å². The van der Waals surface area contributed by atoms with Gasteiger partial charge in [-0.2, -0.15) is 0 Å². The molecule has 0 saturated heterocycles. The van der Waals surface area contributed by atoms with Gasteiger partial charge in [0.15, 0.2) is 0 Å². The lowest BCUT2D eigenvalue weighted by Crippen LogP contribution is -2.35. The third kappa shape index (κ3) is 2.55. The highest BCUT2D eigenvalue weighted by atomic mass is 32.2. The van der Waals surface area contributed by atoms with Gasteiger partial charge in [-0.3, -0.25) is 0 Å². The standard InChI is InChI=1S/C7H13N3O3S/c1-10(2)9-14(12,13)7-3-6(5-11)8-4-7/h3-4,8-9,11H,5H2,1-2H3. The monoisotopic (exact) mass is 219 g/mol. The van der Waals surface area contributed by atoms with Crippen LogP contribution < -0.4 is 4.83 Å². The minimum atomic E-state index is -3.52. The van der Waals surface area contributed by atoms with Crippen molar-refractivity contribution < 1.29 is 13.5 Å². The van der Waals surface area contributed by atoms with E-state index in [9.17, 15) is 8.42 Å². The molecule has 0 fully saturated rings. The molecule has 0 spiro atoms. The SMILES string of the molecule is CN(C)NS(=O)(=O)c1c[nH]c(CO)c1. The summed E-state index contributed by atoms with van der Waals surface area (Å²) < 4.78 is 23.0. The summed E-state index contributed by atoms with van der Waals surface area (Å²) in [6, 6.07) is 1.38. The van der Waals surface area contributed by atoms with Gasteiger partial charge in [0.05, 0.1) is 6.61 Å². The van der Waals surface area contributed by atoms with Crippen molar-refractivity contribution in [3.8, 4) is 0 Å². The predicted molar refractivity (Wildman–Crippen MR) is 50.7 cm³/mol. The smallest absolute Gasteiger partial charge is 0.254 e. The Morgan fingerprint density at radius 2 is 2.21 bits per heavy atom. The van der Waals surface area contributed by atoms with Crippen LogP contribution >= 0.6 is 0 Å². The number of hydrogen-bond acceptors (Lipinski definition) is 4. The van der Waals surface area contributed by atoms with Crippen molar-refractivity contribution in [2.24, 2.45) is 0 Å². The lowest BCUT2D eigenvalue weighted by Gasteiger charge is -2.10. The molecule has 3 N–H and O–H groups in total. The Bertz CT molecular complexity index is 396. The maximum absolute atomic E-state index is 11.5. The number of H-pyrrole nitrogens is 1. The summed E-state index contributed by atoms with van der Waals surface area (Å²) in [7, 11) is -0.354. The molecule has 1 rings (SSSR count). The maximum Gasteiger partial charge on any atom is 0.254 e. The third-order valence-electron chi connectivity index (χ3n) is 1.50. The Hall–Kier alpha value is -0.890. The molecule has 0 aliphatic carbocycles. The van der Waals surface area contributed by atoms with E-state index in [2.05, 4.69) is 9.82 Å². The van der Waals surface area contributed by atoms with Gasteiger partial charge in [0.1, 0.15) is 4.90 Å². The summed E-state index contributed by atoms with van der Waals surface area (Å²) in [5.41, 5.74) is 0.462. The number of nitrogens with zero attached hydrogens (tertiary/aromatic N) is 1. The second-order valence-electron chi connectivity index (χ2n) is 3.01. The van der Waals surface area contributed by atoms with Gasteiger partial charge in [-0.05, 0) is 6.07 Å². The van der Waals surface area contributed by atoms with Crippen LogP contribution in [0, 0.1) is 0 Å². The van der Waals surface area contributed by atoms with Crippen LogP contribution in [0.3, 0.4) is 0 Å². The molecule has 6 nitrogen and oxygen atoms in total. The van der Waals surface area contributed by atoms with Crippen LogP contribution in [0.15, 0.2) is 17.2 Å². The molecule has 7 heteroatoms. The molecule has 0 unspecified atom stereocenters. The number of hydrazine groups is 1. The fraction of sp³-hybridized carbons (Fsp3) is 0.429. The van der Waals surface area contributed by atoms with E-state index in [4.69, 9.17) is 5.11 Å². The first-order valence-electron chi connectivity index (χ1n) is 3.93. The number of hydrogen-bond donors (Lipinski definition) is 3. The molecule has 0 aliphatic heterocycles. The molecule has 1 aromatic heterocycles. The molecule has 0 aliphatic rings. The van der Waals surface area contributed by atoms with Crippen LogP contribution in [0.25, 0.3) is 0 Å². The Morgan fingerprint density at radius 1 is 1.57 bits per heavy atom. The molecule has 14 heavy (non-hydrogen) atoms. The quantitative estimate of drug-likeness (QED) is 0.582. The van der Waals surface area contributed by atoms with Gasteiger partial charge in [-0.15, -0.1) is 4.83 Å². The van der Waals surface area contributed by atoms with E-state index in [1.165, 1.54) is 17.3 Å². The summed E-state index contributed by atoms with van der Waals surface area (Å²) in [4.78, 5) is 5.03.